The van der Waals surface area contributed by atoms with Crippen LogP contribution in [0.3, 0.4) is 0 Å². The van der Waals surface area contributed by atoms with Gasteiger partial charge < -0.3 is 23.7 Å². The van der Waals surface area contributed by atoms with Crippen molar-refractivity contribution in [3.05, 3.63) is 52.6 Å². The highest BCUT2D eigenvalue weighted by Crippen LogP contribution is 2.40. The highest BCUT2D eigenvalue weighted by Gasteiger charge is 2.53. The number of hydrogen-bond acceptors (Lipinski definition) is 9. The molecule has 1 aliphatic heterocycles. The smallest absolute Gasteiger partial charge is 0.303 e. The lowest BCUT2D eigenvalue weighted by molar-refractivity contribution is -0.237. The summed E-state index contributed by atoms with van der Waals surface area (Å²) in [5.74, 6) is -1.16. The molecule has 37 heavy (non-hydrogen) atoms. The molecule has 0 saturated carbocycles. The summed E-state index contributed by atoms with van der Waals surface area (Å²) in [6.07, 6.45) is 3.20. The third kappa shape index (κ3) is 7.75. The van der Waals surface area contributed by atoms with Gasteiger partial charge in [0.15, 0.2) is 18.3 Å². The number of ether oxygens (including phenoxy) is 5. The maximum atomic E-state index is 12.1. The molecule has 0 aromatic heterocycles. The zero-order valence-electron chi connectivity index (χ0n) is 21.6. The van der Waals surface area contributed by atoms with E-state index in [9.17, 15) is 14.4 Å². The van der Waals surface area contributed by atoms with Crippen LogP contribution in [0.25, 0.3) is 0 Å². The van der Waals surface area contributed by atoms with Crippen LogP contribution in [0.15, 0.2) is 47.0 Å². The number of hydrogen-bond donors (Lipinski definition) is 0. The van der Waals surface area contributed by atoms with Crippen molar-refractivity contribution in [3.8, 4) is 5.75 Å². The summed E-state index contributed by atoms with van der Waals surface area (Å²) in [4.78, 5) is 36.0. The Morgan fingerprint density at radius 2 is 1.57 bits per heavy atom. The van der Waals surface area contributed by atoms with Crippen LogP contribution < -0.4 is 4.74 Å². The fraction of sp³-hybridized carbons (Fsp3) is 0.519. The largest absolute Gasteiger partial charge is 0.494 e. The Kier molecular flexibility index (Phi) is 10.5. The molecule has 0 spiro atoms. The Labute approximate surface area is 226 Å². The Balaban J connectivity index is 1.93. The number of esters is 3. The first-order valence-electron chi connectivity index (χ1n) is 12.1. The van der Waals surface area contributed by atoms with E-state index < -0.39 is 47.8 Å². The predicted octanol–water partition coefficient (Wildman–Crippen LogP) is 4.58. The summed E-state index contributed by atoms with van der Waals surface area (Å²) in [5, 5.41) is 0.640. The molecule has 1 heterocycles. The molecule has 1 aromatic carbocycles. The maximum absolute atomic E-state index is 12.1. The van der Waals surface area contributed by atoms with Crippen LogP contribution in [-0.2, 0) is 39.8 Å². The number of halogens is 1. The highest BCUT2D eigenvalue weighted by molar-refractivity contribution is 7.99. The van der Waals surface area contributed by atoms with E-state index in [1.165, 1.54) is 32.5 Å². The first-order chi connectivity index (χ1) is 17.6. The van der Waals surface area contributed by atoms with Gasteiger partial charge in [-0.15, -0.1) is 11.8 Å². The van der Waals surface area contributed by atoms with Crippen LogP contribution in [0.1, 0.15) is 39.7 Å². The van der Waals surface area contributed by atoms with Crippen molar-refractivity contribution in [2.45, 2.75) is 70.4 Å². The fourth-order valence-electron chi connectivity index (χ4n) is 4.58. The Hall–Kier alpha value is -2.49. The van der Waals surface area contributed by atoms with Gasteiger partial charge in [-0.3, -0.25) is 14.4 Å². The van der Waals surface area contributed by atoms with E-state index in [0.29, 0.717) is 24.5 Å². The van der Waals surface area contributed by atoms with Crippen LogP contribution in [0.2, 0.25) is 0 Å². The second kappa shape index (κ2) is 13.3. The van der Waals surface area contributed by atoms with Crippen LogP contribution in [-0.4, -0.2) is 60.6 Å². The third-order valence-corrected chi connectivity index (χ3v) is 7.25. The van der Waals surface area contributed by atoms with Gasteiger partial charge in [-0.05, 0) is 49.3 Å². The Morgan fingerprint density at radius 3 is 2.14 bits per heavy atom. The van der Waals surface area contributed by atoms with E-state index in [2.05, 4.69) is 0 Å². The molecule has 2 aliphatic rings. The van der Waals surface area contributed by atoms with Crippen molar-refractivity contribution in [1.82, 2.24) is 0 Å². The van der Waals surface area contributed by atoms with Gasteiger partial charge in [0.05, 0.1) is 6.61 Å². The predicted molar refractivity (Wildman–Crippen MR) is 140 cm³/mol. The van der Waals surface area contributed by atoms with Crippen LogP contribution >= 0.6 is 23.4 Å². The summed E-state index contributed by atoms with van der Waals surface area (Å²) < 4.78 is 28.6. The summed E-state index contributed by atoms with van der Waals surface area (Å²) in [6.45, 7) is 6.32. The minimum Gasteiger partial charge on any atom is -0.494 e. The van der Waals surface area contributed by atoms with E-state index in [1.54, 1.807) is 6.26 Å². The third-order valence-electron chi connectivity index (χ3n) is 6.01. The van der Waals surface area contributed by atoms with Crippen molar-refractivity contribution in [3.63, 3.8) is 0 Å². The molecule has 0 N–H and O–H groups in total. The molecule has 1 aliphatic carbocycles. The van der Waals surface area contributed by atoms with E-state index in [1.807, 2.05) is 43.3 Å². The molecule has 3 rings (SSSR count). The first kappa shape index (κ1) is 29.1. The molecule has 1 saturated heterocycles. The van der Waals surface area contributed by atoms with E-state index in [-0.39, 0.29) is 5.92 Å². The lowest BCUT2D eigenvalue weighted by Crippen LogP contribution is -2.62. The maximum Gasteiger partial charge on any atom is 0.303 e. The fourth-order valence-corrected chi connectivity index (χ4v) is 5.51. The molecule has 202 valence electrons. The van der Waals surface area contributed by atoms with Crippen molar-refractivity contribution >= 4 is 41.3 Å². The Morgan fingerprint density at radius 1 is 0.973 bits per heavy atom. The molecule has 1 fully saturated rings. The zero-order valence-corrected chi connectivity index (χ0v) is 23.2. The van der Waals surface area contributed by atoms with Gasteiger partial charge in [0.2, 0.25) is 0 Å². The molecule has 6 atom stereocenters. The summed E-state index contributed by atoms with van der Waals surface area (Å²) >= 11 is 7.90. The van der Waals surface area contributed by atoms with E-state index in [0.717, 1.165) is 16.9 Å². The number of rotatable bonds is 9. The molecule has 0 radical (unpaired) electrons. The average molecular weight is 553 g/mol. The average Bonchev–Trinajstić information content (AvgIpc) is 2.83. The van der Waals surface area contributed by atoms with Gasteiger partial charge in [0, 0.05) is 31.7 Å². The van der Waals surface area contributed by atoms with Crippen LogP contribution in [0.5, 0.6) is 5.75 Å². The van der Waals surface area contributed by atoms with Gasteiger partial charge in [0.25, 0.3) is 0 Å². The molecule has 10 heteroatoms. The SMILES string of the molecule is CCOc1ccc(CC2=CC([C@@H]3OC(SC)[C@@H](OC(C)=O)[C@H](OC(C)=O)[C@H]3OC(C)=O)CC=C2Cl)cc1. The second-order valence-electron chi connectivity index (χ2n) is 8.82. The molecule has 1 aromatic rings. The normalized spacial score (nSPS) is 27.4. The molecule has 0 amide bonds. The quantitative estimate of drug-likeness (QED) is 0.322. The zero-order chi connectivity index (χ0) is 27.1. The molecule has 0 bridgehead atoms. The van der Waals surface area contributed by atoms with Gasteiger partial charge in [-0.2, -0.15) is 0 Å². The van der Waals surface area contributed by atoms with Crippen molar-refractivity contribution in [2.75, 3.05) is 12.9 Å². The van der Waals surface area contributed by atoms with Crippen molar-refractivity contribution in [1.29, 1.82) is 0 Å². The number of carbonyl (C=O) groups is 3. The van der Waals surface area contributed by atoms with Crippen molar-refractivity contribution in [2.24, 2.45) is 5.92 Å². The van der Waals surface area contributed by atoms with Gasteiger partial charge in [-0.1, -0.05) is 35.9 Å². The van der Waals surface area contributed by atoms with Gasteiger partial charge in [-0.25, -0.2) is 0 Å². The topological polar surface area (TPSA) is 97.4 Å². The Bertz CT molecular complexity index is 1040. The number of benzene rings is 1. The van der Waals surface area contributed by atoms with E-state index >= 15 is 0 Å². The first-order valence-corrected chi connectivity index (χ1v) is 13.8. The summed E-state index contributed by atoms with van der Waals surface area (Å²) in [5.41, 5.74) is 1.31. The van der Waals surface area contributed by atoms with Crippen LogP contribution in [0, 0.1) is 5.92 Å². The number of carbonyl (C=O) groups excluding carboxylic acids is 3. The lowest BCUT2D eigenvalue weighted by atomic mass is 9.83. The second-order valence-corrected chi connectivity index (χ2v) is 10.2. The molecular weight excluding hydrogens is 520 g/mol. The molecule has 2 unspecified atom stereocenters. The monoisotopic (exact) mass is 552 g/mol. The van der Waals surface area contributed by atoms with Crippen molar-refractivity contribution < 1.29 is 38.1 Å². The van der Waals surface area contributed by atoms with E-state index in [4.69, 9.17) is 35.3 Å². The highest BCUT2D eigenvalue weighted by atomic mass is 35.5. The van der Waals surface area contributed by atoms with Gasteiger partial charge >= 0.3 is 17.9 Å². The number of thioether (sulfide) groups is 1. The minimum absolute atomic E-state index is 0.240. The summed E-state index contributed by atoms with van der Waals surface area (Å²) in [6, 6.07) is 7.81. The summed E-state index contributed by atoms with van der Waals surface area (Å²) in [7, 11) is 0. The number of allylic oxidation sites excluding steroid dienone is 3. The lowest BCUT2D eigenvalue weighted by Gasteiger charge is -2.46. The van der Waals surface area contributed by atoms with Crippen LogP contribution in [0.4, 0.5) is 0 Å². The standard InChI is InChI=1S/C27H33ClO8S/c1-6-32-21-10-7-18(8-11-21)13-20-14-19(9-12-22(20)28)23-24(33-15(2)29)25(34-16(3)30)26(35-17(4)31)27(36-23)37-5/h7-8,10-12,14,19,23-27H,6,9,13H2,1-5H3/t19?,23-,24-,25+,26-,27?/m0/s1. The van der Waals surface area contributed by atoms with Gasteiger partial charge in [0.1, 0.15) is 17.3 Å². The molecular formula is C27H33ClO8S. The molecule has 8 nitrogen and oxygen atoms in total. The minimum atomic E-state index is -1.04.